The average Bonchev–Trinajstić information content (AvgIpc) is 2.66. The van der Waals surface area contributed by atoms with Crippen LogP contribution in [0.25, 0.3) is 0 Å². The van der Waals surface area contributed by atoms with Crippen LogP contribution in [0.3, 0.4) is 0 Å². The Bertz CT molecular complexity index is 839. The van der Waals surface area contributed by atoms with Crippen LogP contribution < -0.4 is 15.4 Å². The molecule has 1 aliphatic heterocycles. The molecule has 0 saturated carbocycles. The highest BCUT2D eigenvalue weighted by molar-refractivity contribution is 6.31. The molecule has 7 heteroatoms. The topological polar surface area (TPSA) is 79.8 Å². The second kappa shape index (κ2) is 9.19. The van der Waals surface area contributed by atoms with Crippen LogP contribution in [0.4, 0.5) is 0 Å². The predicted molar refractivity (Wildman–Crippen MR) is 104 cm³/mol. The maximum Gasteiger partial charge on any atom is 0.229 e. The highest BCUT2D eigenvalue weighted by atomic mass is 35.5. The summed E-state index contributed by atoms with van der Waals surface area (Å²) in [7, 11) is 0. The Balaban J connectivity index is 1.52. The standard InChI is InChI=1S/C20H20ClN3O3/c21-16-10-5-4-9-15(16)17-13-19(26)24-20(22-17)23-18(25)11-6-12-27-14-7-2-1-3-8-14/h1-5,7-10,17H,6,11-13H2,(H2,22,23,24,25,26)/t17-/m0/s1. The molecule has 140 valence electrons. The Labute approximate surface area is 162 Å². The van der Waals surface area contributed by atoms with Gasteiger partial charge in [0.2, 0.25) is 17.8 Å². The Morgan fingerprint density at radius 3 is 2.70 bits per heavy atom. The molecule has 27 heavy (non-hydrogen) atoms. The minimum atomic E-state index is -0.413. The average molecular weight is 386 g/mol. The van der Waals surface area contributed by atoms with Crippen LogP contribution in [0.5, 0.6) is 5.75 Å². The van der Waals surface area contributed by atoms with Crippen molar-refractivity contribution in [3.05, 3.63) is 65.2 Å². The lowest BCUT2D eigenvalue weighted by molar-refractivity contribution is -0.120. The third kappa shape index (κ3) is 5.56. The summed E-state index contributed by atoms with van der Waals surface area (Å²) in [5.74, 6) is 0.484. The van der Waals surface area contributed by atoms with Crippen molar-refractivity contribution in [2.24, 2.45) is 4.99 Å². The zero-order valence-electron chi connectivity index (χ0n) is 14.7. The van der Waals surface area contributed by atoms with E-state index in [1.807, 2.05) is 48.5 Å². The normalized spacial score (nSPS) is 16.3. The van der Waals surface area contributed by atoms with Gasteiger partial charge in [0.1, 0.15) is 5.75 Å². The summed E-state index contributed by atoms with van der Waals surface area (Å²) in [6.07, 6.45) is 1.00. The molecule has 0 aliphatic carbocycles. The first kappa shape index (κ1) is 18.9. The molecule has 2 aromatic carbocycles. The van der Waals surface area contributed by atoms with Gasteiger partial charge in [0.05, 0.1) is 19.1 Å². The predicted octanol–water partition coefficient (Wildman–Crippen LogP) is 3.23. The Hall–Kier alpha value is -2.86. The molecule has 0 aromatic heterocycles. The highest BCUT2D eigenvalue weighted by Crippen LogP contribution is 2.29. The molecule has 0 saturated heterocycles. The van der Waals surface area contributed by atoms with Gasteiger partial charge >= 0.3 is 0 Å². The van der Waals surface area contributed by atoms with Crippen molar-refractivity contribution in [3.8, 4) is 5.75 Å². The number of halogens is 1. The van der Waals surface area contributed by atoms with Gasteiger partial charge in [-0.15, -0.1) is 0 Å². The smallest absolute Gasteiger partial charge is 0.229 e. The van der Waals surface area contributed by atoms with Gasteiger partial charge in [-0.05, 0) is 30.2 Å². The van der Waals surface area contributed by atoms with Gasteiger partial charge in [0, 0.05) is 11.4 Å². The number of benzene rings is 2. The Kier molecular flexibility index (Phi) is 6.44. The number of rotatable bonds is 6. The number of nitrogens with one attached hydrogen (secondary N) is 2. The van der Waals surface area contributed by atoms with E-state index < -0.39 is 6.04 Å². The number of aliphatic imine (C=N–C) groups is 1. The minimum Gasteiger partial charge on any atom is -0.494 e. The molecule has 2 N–H and O–H groups in total. The first-order valence-electron chi connectivity index (χ1n) is 8.71. The molecule has 1 aliphatic rings. The van der Waals surface area contributed by atoms with Crippen LogP contribution in [0.2, 0.25) is 5.02 Å². The summed E-state index contributed by atoms with van der Waals surface area (Å²) in [6.45, 7) is 0.429. The summed E-state index contributed by atoms with van der Waals surface area (Å²) in [5.41, 5.74) is 0.761. The van der Waals surface area contributed by atoms with Crippen molar-refractivity contribution in [2.45, 2.75) is 25.3 Å². The molecular weight excluding hydrogens is 366 g/mol. The van der Waals surface area contributed by atoms with E-state index in [1.165, 1.54) is 0 Å². The zero-order chi connectivity index (χ0) is 19.1. The van der Waals surface area contributed by atoms with Crippen molar-refractivity contribution in [2.75, 3.05) is 6.61 Å². The summed E-state index contributed by atoms with van der Waals surface area (Å²) < 4.78 is 5.56. The molecule has 1 heterocycles. The van der Waals surface area contributed by atoms with Gasteiger partial charge in [-0.25, -0.2) is 4.99 Å². The first-order chi connectivity index (χ1) is 13.1. The Morgan fingerprint density at radius 2 is 1.93 bits per heavy atom. The molecule has 1 atom stereocenters. The van der Waals surface area contributed by atoms with Gasteiger partial charge in [-0.2, -0.15) is 0 Å². The third-order valence-electron chi connectivity index (χ3n) is 4.00. The molecular formula is C20H20ClN3O3. The molecule has 6 nitrogen and oxygen atoms in total. The van der Waals surface area contributed by atoms with E-state index in [0.717, 1.165) is 11.3 Å². The van der Waals surface area contributed by atoms with Gasteiger partial charge in [0.25, 0.3) is 0 Å². The summed E-state index contributed by atoms with van der Waals surface area (Å²) in [4.78, 5) is 28.5. The number of amides is 2. The highest BCUT2D eigenvalue weighted by Gasteiger charge is 2.24. The summed E-state index contributed by atoms with van der Waals surface area (Å²) >= 11 is 6.19. The van der Waals surface area contributed by atoms with E-state index in [0.29, 0.717) is 18.1 Å². The van der Waals surface area contributed by atoms with Gasteiger partial charge in [-0.3, -0.25) is 20.2 Å². The second-order valence-electron chi connectivity index (χ2n) is 6.08. The van der Waals surface area contributed by atoms with Gasteiger partial charge in [0.15, 0.2) is 0 Å². The monoisotopic (exact) mass is 385 g/mol. The van der Waals surface area contributed by atoms with E-state index >= 15 is 0 Å². The quantitative estimate of drug-likeness (QED) is 0.749. The third-order valence-corrected chi connectivity index (χ3v) is 4.35. The number of ether oxygens (including phenoxy) is 1. The number of guanidine groups is 1. The summed E-state index contributed by atoms with van der Waals surface area (Å²) in [6, 6.07) is 16.2. The number of carbonyl (C=O) groups is 2. The number of hydrogen-bond donors (Lipinski definition) is 2. The van der Waals surface area contributed by atoms with Gasteiger partial charge < -0.3 is 4.74 Å². The van der Waals surface area contributed by atoms with Crippen LogP contribution in [0.1, 0.15) is 30.9 Å². The van der Waals surface area contributed by atoms with Gasteiger partial charge in [-0.1, -0.05) is 48.0 Å². The SMILES string of the molecule is O=C(CCCOc1ccccc1)NC1=N[C@H](c2ccccc2Cl)CC(=O)N1. The first-order valence-corrected chi connectivity index (χ1v) is 9.09. The number of carbonyl (C=O) groups excluding carboxylic acids is 2. The molecule has 3 rings (SSSR count). The summed E-state index contributed by atoms with van der Waals surface area (Å²) in [5, 5.41) is 5.78. The van der Waals surface area contributed by atoms with Crippen molar-refractivity contribution in [1.82, 2.24) is 10.6 Å². The molecule has 0 unspecified atom stereocenters. The largest absolute Gasteiger partial charge is 0.494 e. The fourth-order valence-electron chi connectivity index (χ4n) is 2.71. The van der Waals surface area contributed by atoms with Crippen LogP contribution >= 0.6 is 11.6 Å². The van der Waals surface area contributed by atoms with E-state index in [9.17, 15) is 9.59 Å². The molecule has 0 bridgehead atoms. The van der Waals surface area contributed by atoms with E-state index in [4.69, 9.17) is 16.3 Å². The number of nitrogens with zero attached hydrogens (tertiary/aromatic N) is 1. The molecule has 2 amide bonds. The fraction of sp³-hybridized carbons (Fsp3) is 0.250. The van der Waals surface area contributed by atoms with Crippen molar-refractivity contribution >= 4 is 29.4 Å². The Morgan fingerprint density at radius 1 is 1.19 bits per heavy atom. The second-order valence-corrected chi connectivity index (χ2v) is 6.49. The van der Waals surface area contributed by atoms with Crippen molar-refractivity contribution in [3.63, 3.8) is 0 Å². The molecule has 0 radical (unpaired) electrons. The van der Waals surface area contributed by atoms with Crippen LogP contribution in [-0.4, -0.2) is 24.4 Å². The van der Waals surface area contributed by atoms with Crippen molar-refractivity contribution < 1.29 is 14.3 Å². The van der Waals surface area contributed by atoms with Crippen LogP contribution in [0.15, 0.2) is 59.6 Å². The lowest BCUT2D eigenvalue weighted by Crippen LogP contribution is -2.47. The number of hydrogen-bond acceptors (Lipinski definition) is 4. The van der Waals surface area contributed by atoms with Crippen LogP contribution in [0, 0.1) is 0 Å². The van der Waals surface area contributed by atoms with E-state index in [2.05, 4.69) is 15.6 Å². The van der Waals surface area contributed by atoms with Crippen molar-refractivity contribution in [1.29, 1.82) is 0 Å². The lowest BCUT2D eigenvalue weighted by Gasteiger charge is -2.22. The van der Waals surface area contributed by atoms with Crippen LogP contribution in [-0.2, 0) is 9.59 Å². The van der Waals surface area contributed by atoms with E-state index in [-0.39, 0.29) is 30.6 Å². The zero-order valence-corrected chi connectivity index (χ0v) is 15.4. The minimum absolute atomic E-state index is 0.158. The maximum atomic E-state index is 12.1. The lowest BCUT2D eigenvalue weighted by atomic mass is 10.0. The molecule has 2 aromatic rings. The fourth-order valence-corrected chi connectivity index (χ4v) is 2.98. The maximum absolute atomic E-state index is 12.1. The molecule has 0 fully saturated rings. The number of para-hydroxylation sites is 1. The van der Waals surface area contributed by atoms with E-state index in [1.54, 1.807) is 6.07 Å². The molecule has 0 spiro atoms.